The van der Waals surface area contributed by atoms with Gasteiger partial charge in [0.1, 0.15) is 0 Å². The van der Waals surface area contributed by atoms with Crippen molar-refractivity contribution >= 4 is 5.91 Å². The molecule has 1 heterocycles. The van der Waals surface area contributed by atoms with Crippen LogP contribution in [-0.2, 0) is 9.53 Å². The van der Waals surface area contributed by atoms with Gasteiger partial charge in [0, 0.05) is 19.6 Å². The number of rotatable bonds is 7. The van der Waals surface area contributed by atoms with E-state index in [-0.39, 0.29) is 12.3 Å². The van der Waals surface area contributed by atoms with Crippen molar-refractivity contribution in [2.45, 2.75) is 81.9 Å². The summed E-state index contributed by atoms with van der Waals surface area (Å²) >= 11 is 0. The van der Waals surface area contributed by atoms with Crippen molar-refractivity contribution < 1.29 is 35.9 Å². The summed E-state index contributed by atoms with van der Waals surface area (Å²) in [5, 5.41) is 2.74. The number of halogens is 6. The molecule has 0 bridgehead atoms. The van der Waals surface area contributed by atoms with Gasteiger partial charge in [-0.2, -0.15) is 26.3 Å². The molecule has 0 aromatic rings. The lowest BCUT2D eigenvalue weighted by Gasteiger charge is -2.39. The molecule has 1 aliphatic heterocycles. The second-order valence-corrected chi connectivity index (χ2v) is 7.35. The van der Waals surface area contributed by atoms with E-state index in [0.717, 1.165) is 32.1 Å². The highest BCUT2D eigenvalue weighted by atomic mass is 19.4. The normalized spacial score (nSPS) is 22.8. The number of hydrogen-bond donors (Lipinski definition) is 2. The fraction of sp³-hybridized carbons (Fsp3) is 0.941. The molecule has 0 aromatic carbocycles. The molecular formula is C17H26F6N2O2. The summed E-state index contributed by atoms with van der Waals surface area (Å²) in [7, 11) is 0. The molecule has 2 rings (SSSR count). The molecule has 27 heavy (non-hydrogen) atoms. The highest BCUT2D eigenvalue weighted by Crippen LogP contribution is 2.41. The third kappa shape index (κ3) is 5.73. The van der Waals surface area contributed by atoms with Gasteiger partial charge in [-0.25, -0.2) is 0 Å². The van der Waals surface area contributed by atoms with E-state index in [0.29, 0.717) is 25.9 Å². The first kappa shape index (κ1) is 22.3. The maximum absolute atomic E-state index is 13.5. The van der Waals surface area contributed by atoms with E-state index in [1.165, 1.54) is 10.6 Å². The zero-order valence-electron chi connectivity index (χ0n) is 15.0. The van der Waals surface area contributed by atoms with Crippen molar-refractivity contribution in [3.8, 4) is 0 Å². The number of amides is 1. The van der Waals surface area contributed by atoms with Crippen LogP contribution in [-0.4, -0.2) is 43.2 Å². The van der Waals surface area contributed by atoms with Crippen LogP contribution in [0.15, 0.2) is 0 Å². The summed E-state index contributed by atoms with van der Waals surface area (Å²) in [4.78, 5) is 12.0. The minimum absolute atomic E-state index is 0.176. The molecule has 0 aromatic heterocycles. The smallest absolute Gasteiger partial charge is 0.377 e. The predicted octanol–water partition coefficient (Wildman–Crippen LogP) is 4.05. The van der Waals surface area contributed by atoms with E-state index in [2.05, 4.69) is 0 Å². The molecule has 1 amide bonds. The van der Waals surface area contributed by atoms with Crippen molar-refractivity contribution in [3.05, 3.63) is 0 Å². The molecule has 158 valence electrons. The molecule has 2 fully saturated rings. The largest absolute Gasteiger partial charge is 0.434 e. The Morgan fingerprint density at radius 1 is 0.926 bits per heavy atom. The zero-order chi connectivity index (χ0) is 20.1. The number of alkyl halides is 6. The standard InChI is InChI=1S/C17H26F6N2O2/c18-16(19,20)15(17(21,22)23,24-11-13-7-4-10-27-13)25-14(26)9-8-12-5-2-1-3-6-12/h12-13,24H,1-11H2,(H,25,26)/t13-/m1/s1. The molecule has 0 spiro atoms. The van der Waals surface area contributed by atoms with Crippen molar-refractivity contribution in [2.24, 2.45) is 5.92 Å². The Morgan fingerprint density at radius 2 is 1.56 bits per heavy atom. The first-order valence-corrected chi connectivity index (χ1v) is 9.36. The van der Waals surface area contributed by atoms with Crippen LogP contribution in [0.25, 0.3) is 0 Å². The number of carbonyl (C=O) groups excluding carboxylic acids is 1. The average Bonchev–Trinajstić information content (AvgIpc) is 3.09. The minimum atomic E-state index is -5.75. The van der Waals surface area contributed by atoms with Crippen LogP contribution >= 0.6 is 0 Å². The molecule has 1 saturated heterocycles. The van der Waals surface area contributed by atoms with Crippen LogP contribution in [0.3, 0.4) is 0 Å². The van der Waals surface area contributed by atoms with Crippen LogP contribution in [0, 0.1) is 5.92 Å². The number of hydrogen-bond acceptors (Lipinski definition) is 3. The Kier molecular flexibility index (Phi) is 7.40. The fourth-order valence-corrected chi connectivity index (χ4v) is 3.70. The minimum Gasteiger partial charge on any atom is -0.377 e. The number of carbonyl (C=O) groups is 1. The quantitative estimate of drug-likeness (QED) is 0.497. The molecule has 1 atom stereocenters. The van der Waals surface area contributed by atoms with Gasteiger partial charge in [-0.1, -0.05) is 32.1 Å². The van der Waals surface area contributed by atoms with Gasteiger partial charge < -0.3 is 10.1 Å². The average molecular weight is 404 g/mol. The van der Waals surface area contributed by atoms with E-state index in [1.54, 1.807) is 0 Å². The Labute approximate surface area is 154 Å². The molecule has 1 aliphatic carbocycles. The van der Waals surface area contributed by atoms with Crippen molar-refractivity contribution in [1.82, 2.24) is 10.6 Å². The summed E-state index contributed by atoms with van der Waals surface area (Å²) in [5.41, 5.74) is -4.48. The summed E-state index contributed by atoms with van der Waals surface area (Å²) in [6, 6.07) is 0. The van der Waals surface area contributed by atoms with Gasteiger partial charge in [0.15, 0.2) is 0 Å². The number of ether oxygens (including phenoxy) is 1. The van der Waals surface area contributed by atoms with Gasteiger partial charge in [0.25, 0.3) is 5.66 Å². The molecule has 1 saturated carbocycles. The van der Waals surface area contributed by atoms with Gasteiger partial charge in [0.05, 0.1) is 6.10 Å². The van der Waals surface area contributed by atoms with E-state index in [9.17, 15) is 31.1 Å². The molecule has 2 aliphatic rings. The number of nitrogens with one attached hydrogen (secondary N) is 2. The molecule has 10 heteroatoms. The SMILES string of the molecule is O=C(CCC1CCCCC1)NC(NC[C@H]1CCCO1)(C(F)(F)F)C(F)(F)F. The fourth-order valence-electron chi connectivity index (χ4n) is 3.70. The molecule has 2 N–H and O–H groups in total. The van der Waals surface area contributed by atoms with Crippen LogP contribution in [0.4, 0.5) is 26.3 Å². The van der Waals surface area contributed by atoms with Crippen LogP contribution < -0.4 is 10.6 Å². The van der Waals surface area contributed by atoms with Gasteiger partial charge in [-0.3, -0.25) is 10.1 Å². The summed E-state index contributed by atoms with van der Waals surface area (Å²) in [6.07, 6.45) is -6.62. The maximum atomic E-state index is 13.5. The van der Waals surface area contributed by atoms with Crippen molar-refractivity contribution in [3.63, 3.8) is 0 Å². The second kappa shape index (κ2) is 8.98. The first-order valence-electron chi connectivity index (χ1n) is 9.36. The van der Waals surface area contributed by atoms with E-state index < -0.39 is 36.6 Å². The van der Waals surface area contributed by atoms with E-state index >= 15 is 0 Å². The Balaban J connectivity index is 2.05. The monoisotopic (exact) mass is 404 g/mol. The third-order valence-corrected chi connectivity index (χ3v) is 5.30. The predicted molar refractivity (Wildman–Crippen MR) is 85.8 cm³/mol. The Bertz CT molecular complexity index is 469. The lowest BCUT2D eigenvalue weighted by Crippen LogP contribution is -2.76. The van der Waals surface area contributed by atoms with E-state index in [1.807, 2.05) is 0 Å². The van der Waals surface area contributed by atoms with E-state index in [4.69, 9.17) is 4.74 Å². The van der Waals surface area contributed by atoms with Crippen LogP contribution in [0.5, 0.6) is 0 Å². The molecule has 4 nitrogen and oxygen atoms in total. The highest BCUT2D eigenvalue weighted by molar-refractivity contribution is 5.77. The highest BCUT2D eigenvalue weighted by Gasteiger charge is 2.72. The summed E-state index contributed by atoms with van der Waals surface area (Å²) < 4.78 is 85.9. The molecular weight excluding hydrogens is 378 g/mol. The van der Waals surface area contributed by atoms with Crippen molar-refractivity contribution in [2.75, 3.05) is 13.2 Å². The van der Waals surface area contributed by atoms with Gasteiger partial charge in [-0.05, 0) is 25.2 Å². The summed E-state index contributed by atoms with van der Waals surface area (Å²) in [6.45, 7) is -0.354. The van der Waals surface area contributed by atoms with Crippen molar-refractivity contribution in [1.29, 1.82) is 0 Å². The first-order chi connectivity index (χ1) is 12.6. The lowest BCUT2D eigenvalue weighted by molar-refractivity contribution is -0.316. The van der Waals surface area contributed by atoms with Crippen LogP contribution in [0.1, 0.15) is 57.8 Å². The van der Waals surface area contributed by atoms with Crippen LogP contribution in [0.2, 0.25) is 0 Å². The third-order valence-electron chi connectivity index (χ3n) is 5.30. The van der Waals surface area contributed by atoms with Gasteiger partial charge in [0.2, 0.25) is 5.91 Å². The zero-order valence-corrected chi connectivity index (χ0v) is 15.0. The van der Waals surface area contributed by atoms with Gasteiger partial charge in [-0.15, -0.1) is 0 Å². The lowest BCUT2D eigenvalue weighted by atomic mass is 9.86. The molecule has 0 unspecified atom stereocenters. The Hall–Kier alpha value is -1.03. The van der Waals surface area contributed by atoms with Gasteiger partial charge >= 0.3 is 12.4 Å². The maximum Gasteiger partial charge on any atom is 0.434 e. The Morgan fingerprint density at radius 3 is 2.07 bits per heavy atom. The summed E-state index contributed by atoms with van der Waals surface area (Å²) in [5.74, 6) is -1.08. The second-order valence-electron chi connectivity index (χ2n) is 7.35. The molecule has 0 radical (unpaired) electrons. The topological polar surface area (TPSA) is 50.4 Å².